The first-order chi connectivity index (χ1) is 16.6. The van der Waals surface area contributed by atoms with Crippen molar-refractivity contribution >= 4 is 33.2 Å². The number of aromatic nitrogens is 1. The zero-order chi connectivity index (χ0) is 23.5. The van der Waals surface area contributed by atoms with Crippen molar-refractivity contribution < 1.29 is 13.9 Å². The van der Waals surface area contributed by atoms with Gasteiger partial charge >= 0.3 is 0 Å². The van der Waals surface area contributed by atoms with Crippen LogP contribution in [0.5, 0.6) is 5.75 Å². The summed E-state index contributed by atoms with van der Waals surface area (Å²) in [4.78, 5) is 16.8. The van der Waals surface area contributed by atoms with E-state index in [9.17, 15) is 4.79 Å². The van der Waals surface area contributed by atoms with Gasteiger partial charge in [-0.25, -0.2) is 0 Å². The number of carbonyl (C=O) groups excluding carboxylic acids is 1. The molecular formula is C29H24N2O3. The van der Waals surface area contributed by atoms with Gasteiger partial charge < -0.3 is 14.5 Å². The lowest BCUT2D eigenvalue weighted by molar-refractivity contribution is -0.116. The first-order valence-electron chi connectivity index (χ1n) is 11.1. The van der Waals surface area contributed by atoms with Gasteiger partial charge in [-0.2, -0.15) is 0 Å². The Morgan fingerprint density at radius 3 is 2.65 bits per heavy atom. The SMILES string of the molecule is COc1cc2occ(-c3cccc4ccccc34)c2cc1/C(C)=C/C(=O)NCc1ccccn1. The van der Waals surface area contributed by atoms with Crippen molar-refractivity contribution in [3.05, 3.63) is 103 Å². The summed E-state index contributed by atoms with van der Waals surface area (Å²) in [5, 5.41) is 6.18. The van der Waals surface area contributed by atoms with E-state index in [2.05, 4.69) is 40.6 Å². The van der Waals surface area contributed by atoms with Gasteiger partial charge in [0.25, 0.3) is 0 Å². The second-order valence-corrected chi connectivity index (χ2v) is 8.09. The lowest BCUT2D eigenvalue weighted by atomic mass is 9.96. The molecule has 5 nitrogen and oxygen atoms in total. The molecule has 0 aliphatic carbocycles. The highest BCUT2D eigenvalue weighted by Gasteiger charge is 2.16. The lowest BCUT2D eigenvalue weighted by Gasteiger charge is -2.11. The maximum atomic E-state index is 12.6. The Morgan fingerprint density at radius 1 is 1.00 bits per heavy atom. The summed E-state index contributed by atoms with van der Waals surface area (Å²) < 4.78 is 11.5. The van der Waals surface area contributed by atoms with E-state index < -0.39 is 0 Å². The van der Waals surface area contributed by atoms with Crippen LogP contribution in [0.3, 0.4) is 0 Å². The average molecular weight is 449 g/mol. The van der Waals surface area contributed by atoms with Crippen LogP contribution >= 0.6 is 0 Å². The van der Waals surface area contributed by atoms with Gasteiger partial charge in [-0.3, -0.25) is 9.78 Å². The molecule has 0 spiro atoms. The van der Waals surface area contributed by atoms with Gasteiger partial charge in [-0.05, 0) is 47.0 Å². The fourth-order valence-electron chi connectivity index (χ4n) is 4.21. The molecule has 0 saturated heterocycles. The number of carbonyl (C=O) groups is 1. The number of hydrogen-bond acceptors (Lipinski definition) is 4. The number of furan rings is 1. The molecule has 5 aromatic rings. The number of nitrogens with one attached hydrogen (secondary N) is 1. The van der Waals surface area contributed by atoms with Crippen molar-refractivity contribution in [3.8, 4) is 16.9 Å². The van der Waals surface area contributed by atoms with Gasteiger partial charge in [0.05, 0.1) is 25.6 Å². The molecule has 0 atom stereocenters. The van der Waals surface area contributed by atoms with E-state index in [0.717, 1.165) is 44.3 Å². The van der Waals surface area contributed by atoms with Gasteiger partial charge in [0.2, 0.25) is 5.91 Å². The molecule has 2 aromatic heterocycles. The molecule has 0 fully saturated rings. The molecule has 168 valence electrons. The van der Waals surface area contributed by atoms with Crippen LogP contribution in [0.1, 0.15) is 18.2 Å². The zero-order valence-corrected chi connectivity index (χ0v) is 19.0. The third-order valence-electron chi connectivity index (χ3n) is 5.92. The van der Waals surface area contributed by atoms with Crippen molar-refractivity contribution in [3.63, 3.8) is 0 Å². The first-order valence-corrected chi connectivity index (χ1v) is 11.1. The molecule has 1 amide bonds. The van der Waals surface area contributed by atoms with E-state index in [1.807, 2.05) is 49.4 Å². The predicted octanol–water partition coefficient (Wildman–Crippen LogP) is 6.38. The van der Waals surface area contributed by atoms with E-state index in [4.69, 9.17) is 9.15 Å². The second kappa shape index (κ2) is 9.24. The van der Waals surface area contributed by atoms with Crippen LogP contribution in [-0.2, 0) is 11.3 Å². The Balaban J connectivity index is 1.52. The first kappa shape index (κ1) is 21.5. The normalized spacial score (nSPS) is 11.6. The quantitative estimate of drug-likeness (QED) is 0.306. The number of methoxy groups -OCH3 is 1. The number of nitrogens with zero attached hydrogens (tertiary/aromatic N) is 1. The number of amides is 1. The second-order valence-electron chi connectivity index (χ2n) is 8.09. The van der Waals surface area contributed by atoms with Crippen molar-refractivity contribution in [1.29, 1.82) is 0 Å². The number of pyridine rings is 1. The minimum Gasteiger partial charge on any atom is -0.496 e. The molecule has 0 aliphatic rings. The van der Waals surface area contributed by atoms with Crippen molar-refractivity contribution in [2.45, 2.75) is 13.5 Å². The molecule has 0 saturated carbocycles. The zero-order valence-electron chi connectivity index (χ0n) is 19.0. The molecule has 0 radical (unpaired) electrons. The lowest BCUT2D eigenvalue weighted by Crippen LogP contribution is -2.21. The summed E-state index contributed by atoms with van der Waals surface area (Å²) in [6, 6.07) is 24.1. The summed E-state index contributed by atoms with van der Waals surface area (Å²) in [5.74, 6) is 0.462. The summed E-state index contributed by atoms with van der Waals surface area (Å²) >= 11 is 0. The molecule has 5 heteroatoms. The number of allylic oxidation sites excluding steroid dienone is 1. The summed E-state index contributed by atoms with van der Waals surface area (Å²) in [7, 11) is 1.62. The van der Waals surface area contributed by atoms with Crippen LogP contribution in [0, 0.1) is 0 Å². The topological polar surface area (TPSA) is 64.4 Å². The van der Waals surface area contributed by atoms with Crippen molar-refractivity contribution in [2.24, 2.45) is 0 Å². The van der Waals surface area contributed by atoms with Crippen LogP contribution in [0.15, 0.2) is 95.7 Å². The van der Waals surface area contributed by atoms with Crippen molar-refractivity contribution in [1.82, 2.24) is 10.3 Å². The largest absolute Gasteiger partial charge is 0.496 e. The maximum Gasteiger partial charge on any atom is 0.244 e. The summed E-state index contributed by atoms with van der Waals surface area (Å²) in [5.41, 5.74) is 5.27. The molecule has 3 aromatic carbocycles. The number of hydrogen-bond donors (Lipinski definition) is 1. The average Bonchev–Trinajstić information content (AvgIpc) is 3.29. The third-order valence-corrected chi connectivity index (χ3v) is 5.92. The molecule has 0 aliphatic heterocycles. The van der Waals surface area contributed by atoms with Crippen LogP contribution in [0.25, 0.3) is 38.4 Å². The highest BCUT2D eigenvalue weighted by molar-refractivity contribution is 6.06. The molecule has 0 bridgehead atoms. The van der Waals surface area contributed by atoms with Gasteiger partial charge in [-0.1, -0.05) is 48.5 Å². The number of rotatable bonds is 6. The predicted molar refractivity (Wildman–Crippen MR) is 135 cm³/mol. The Morgan fingerprint density at radius 2 is 1.82 bits per heavy atom. The molecule has 1 N–H and O–H groups in total. The van der Waals surface area contributed by atoms with Crippen LogP contribution < -0.4 is 10.1 Å². The Labute approximate surface area is 197 Å². The minimum absolute atomic E-state index is 0.188. The number of benzene rings is 3. The van der Waals surface area contributed by atoms with Crippen LogP contribution in [-0.4, -0.2) is 18.0 Å². The van der Waals surface area contributed by atoms with E-state index in [1.165, 1.54) is 5.39 Å². The summed E-state index contributed by atoms with van der Waals surface area (Å²) in [6.45, 7) is 2.27. The molecule has 0 unspecified atom stereocenters. The Kier molecular flexibility index (Phi) is 5.83. The number of ether oxygens (including phenoxy) is 1. The van der Waals surface area contributed by atoms with Crippen LogP contribution in [0.2, 0.25) is 0 Å². The standard InChI is InChI=1S/C29H24N2O3/c1-19(14-29(32)31-17-21-10-5-6-13-30-21)24-15-25-26(18-34-28(25)16-27(24)33-2)23-12-7-9-20-8-3-4-11-22(20)23/h3-16,18H,17H2,1-2H3,(H,31,32)/b19-14+. The Bertz CT molecular complexity index is 1510. The summed E-state index contributed by atoms with van der Waals surface area (Å²) in [6.07, 6.45) is 5.08. The highest BCUT2D eigenvalue weighted by Crippen LogP contribution is 2.39. The van der Waals surface area contributed by atoms with Gasteiger partial charge in [0.1, 0.15) is 11.3 Å². The third kappa shape index (κ3) is 4.16. The van der Waals surface area contributed by atoms with E-state index in [0.29, 0.717) is 12.3 Å². The molecule has 2 heterocycles. The van der Waals surface area contributed by atoms with Crippen LogP contribution in [0.4, 0.5) is 0 Å². The van der Waals surface area contributed by atoms with Gasteiger partial charge in [0.15, 0.2) is 0 Å². The molecule has 5 rings (SSSR count). The van der Waals surface area contributed by atoms with E-state index >= 15 is 0 Å². The van der Waals surface area contributed by atoms with Gasteiger partial charge in [0, 0.05) is 34.9 Å². The van der Waals surface area contributed by atoms with Gasteiger partial charge in [-0.15, -0.1) is 0 Å². The fourth-order valence-corrected chi connectivity index (χ4v) is 4.21. The Hall–Kier alpha value is -4.38. The minimum atomic E-state index is -0.188. The fraction of sp³-hybridized carbons (Fsp3) is 0.103. The maximum absolute atomic E-state index is 12.6. The monoisotopic (exact) mass is 448 g/mol. The van der Waals surface area contributed by atoms with Crippen molar-refractivity contribution in [2.75, 3.05) is 7.11 Å². The molecular weight excluding hydrogens is 424 g/mol. The molecule has 34 heavy (non-hydrogen) atoms. The van der Waals surface area contributed by atoms with E-state index in [-0.39, 0.29) is 5.91 Å². The smallest absolute Gasteiger partial charge is 0.244 e. The van der Waals surface area contributed by atoms with E-state index in [1.54, 1.807) is 25.6 Å². The number of fused-ring (bicyclic) bond motifs is 2. The highest BCUT2D eigenvalue weighted by atomic mass is 16.5.